The molecule has 0 atom stereocenters. The van der Waals surface area contributed by atoms with Gasteiger partial charge in [-0.15, -0.1) is 11.3 Å². The fourth-order valence-corrected chi connectivity index (χ4v) is 6.29. The zero-order valence-corrected chi connectivity index (χ0v) is 20.9. The smallest absolute Gasteiger partial charge is 0.333 e. The van der Waals surface area contributed by atoms with E-state index in [1.54, 1.807) is 12.1 Å². The summed E-state index contributed by atoms with van der Waals surface area (Å²) in [6.45, 7) is 7.75. The van der Waals surface area contributed by atoms with Gasteiger partial charge in [-0.3, -0.25) is 0 Å². The second kappa shape index (κ2) is 9.79. The summed E-state index contributed by atoms with van der Waals surface area (Å²) < 4.78 is 27.4. The van der Waals surface area contributed by atoms with E-state index in [4.69, 9.17) is 0 Å². The lowest BCUT2D eigenvalue weighted by molar-refractivity contribution is 0.00264. The standard InChI is InChI=1S/C23H30N4O4S2/c1-14(2)17-10-16(12-24)11-18(15(3)4)20(17)26-21(28)27-33(30,31)22-25-13-19(32-22)23(29)8-6-5-7-9-23/h10-11,13-15,29H,5-9H2,1-4H3,(H2,26,27,28). The Hall–Kier alpha value is -2.48. The molecule has 2 aromatic rings. The van der Waals surface area contributed by atoms with Crippen molar-refractivity contribution in [3.05, 3.63) is 39.9 Å². The number of nitriles is 1. The Labute approximate surface area is 199 Å². The highest BCUT2D eigenvalue weighted by Crippen LogP contribution is 2.40. The van der Waals surface area contributed by atoms with Crippen LogP contribution in [-0.4, -0.2) is 24.5 Å². The first kappa shape index (κ1) is 25.1. The van der Waals surface area contributed by atoms with Crippen LogP contribution in [0.25, 0.3) is 0 Å². The third-order valence-corrected chi connectivity index (χ3v) is 8.80. The summed E-state index contributed by atoms with van der Waals surface area (Å²) in [6.07, 6.45) is 5.31. The molecule has 0 radical (unpaired) electrons. The maximum atomic E-state index is 12.8. The van der Waals surface area contributed by atoms with Crippen molar-refractivity contribution in [3.8, 4) is 6.07 Å². The van der Waals surface area contributed by atoms with Crippen LogP contribution in [0.1, 0.15) is 93.2 Å². The molecular weight excluding hydrogens is 460 g/mol. The molecular formula is C23H30N4O4S2. The molecule has 3 N–H and O–H groups in total. The minimum atomic E-state index is -4.22. The Morgan fingerprint density at radius 3 is 2.24 bits per heavy atom. The number of anilines is 1. The number of thiazole rings is 1. The molecule has 33 heavy (non-hydrogen) atoms. The van der Waals surface area contributed by atoms with E-state index >= 15 is 0 Å². The third-order valence-electron chi connectivity index (χ3n) is 5.89. The van der Waals surface area contributed by atoms with Crippen molar-refractivity contribution < 1.29 is 18.3 Å². The van der Waals surface area contributed by atoms with Gasteiger partial charge in [0.25, 0.3) is 10.0 Å². The highest BCUT2D eigenvalue weighted by atomic mass is 32.2. The normalized spacial score (nSPS) is 15.9. The molecule has 1 saturated carbocycles. The van der Waals surface area contributed by atoms with Crippen LogP contribution in [0.3, 0.4) is 0 Å². The fraction of sp³-hybridized carbons (Fsp3) is 0.522. The molecule has 10 heteroatoms. The molecule has 0 unspecified atom stereocenters. The van der Waals surface area contributed by atoms with Crippen LogP contribution in [0.4, 0.5) is 10.5 Å². The van der Waals surface area contributed by atoms with E-state index in [0.29, 0.717) is 29.0 Å². The van der Waals surface area contributed by atoms with E-state index in [1.807, 2.05) is 32.4 Å². The Bertz CT molecular complexity index is 1140. The van der Waals surface area contributed by atoms with Crippen molar-refractivity contribution in [1.82, 2.24) is 9.71 Å². The number of benzene rings is 1. The minimum Gasteiger partial charge on any atom is -0.384 e. The second-order valence-electron chi connectivity index (χ2n) is 9.09. The average Bonchev–Trinajstić information content (AvgIpc) is 3.26. The Morgan fingerprint density at radius 1 is 1.15 bits per heavy atom. The van der Waals surface area contributed by atoms with Crippen molar-refractivity contribution in [2.24, 2.45) is 0 Å². The number of aliphatic hydroxyl groups is 1. The number of aromatic nitrogens is 1. The van der Waals surface area contributed by atoms with Crippen LogP contribution in [-0.2, 0) is 15.6 Å². The number of carbonyl (C=O) groups is 1. The predicted molar refractivity (Wildman–Crippen MR) is 128 cm³/mol. The van der Waals surface area contributed by atoms with Gasteiger partial charge < -0.3 is 10.4 Å². The number of nitrogens with zero attached hydrogens (tertiary/aromatic N) is 2. The zero-order valence-electron chi connectivity index (χ0n) is 19.3. The molecule has 1 fully saturated rings. The highest BCUT2D eigenvalue weighted by Gasteiger charge is 2.35. The Kier molecular flexibility index (Phi) is 7.46. The number of carbonyl (C=O) groups excluding carboxylic acids is 1. The summed E-state index contributed by atoms with van der Waals surface area (Å²) in [5.41, 5.74) is 1.43. The van der Waals surface area contributed by atoms with Gasteiger partial charge in [0.15, 0.2) is 0 Å². The molecule has 0 bridgehead atoms. The second-order valence-corrected chi connectivity index (χ2v) is 12.0. The molecule has 0 aliphatic heterocycles. The van der Waals surface area contributed by atoms with Crippen LogP contribution in [0.15, 0.2) is 22.7 Å². The number of hydrogen-bond acceptors (Lipinski definition) is 7. The van der Waals surface area contributed by atoms with E-state index < -0.39 is 21.7 Å². The fourth-order valence-electron chi connectivity index (χ4n) is 4.09. The summed E-state index contributed by atoms with van der Waals surface area (Å²) >= 11 is 0.887. The van der Waals surface area contributed by atoms with E-state index in [9.17, 15) is 23.6 Å². The van der Waals surface area contributed by atoms with Crippen molar-refractivity contribution in [2.45, 2.75) is 81.6 Å². The lowest BCUT2D eigenvalue weighted by Crippen LogP contribution is -2.35. The average molecular weight is 491 g/mol. The molecule has 1 aliphatic carbocycles. The third kappa shape index (κ3) is 5.54. The first-order valence-corrected chi connectivity index (χ1v) is 13.4. The molecule has 2 amide bonds. The molecule has 0 saturated heterocycles. The summed E-state index contributed by atoms with van der Waals surface area (Å²) in [6, 6.07) is 4.65. The van der Waals surface area contributed by atoms with Crippen molar-refractivity contribution in [2.75, 3.05) is 5.32 Å². The first-order chi connectivity index (χ1) is 15.5. The van der Waals surface area contributed by atoms with Gasteiger partial charge in [0.1, 0.15) is 5.60 Å². The minimum absolute atomic E-state index is 0.000431. The van der Waals surface area contributed by atoms with Gasteiger partial charge in [-0.1, -0.05) is 47.0 Å². The zero-order chi connectivity index (χ0) is 24.4. The van der Waals surface area contributed by atoms with Crippen LogP contribution >= 0.6 is 11.3 Å². The Balaban J connectivity index is 1.84. The van der Waals surface area contributed by atoms with Gasteiger partial charge in [0.2, 0.25) is 4.34 Å². The molecule has 1 aliphatic rings. The van der Waals surface area contributed by atoms with E-state index in [0.717, 1.165) is 41.7 Å². The highest BCUT2D eigenvalue weighted by molar-refractivity contribution is 7.92. The summed E-state index contributed by atoms with van der Waals surface area (Å²) in [5.74, 6) is 0.000861. The molecule has 1 aromatic heterocycles. The molecule has 178 valence electrons. The first-order valence-electron chi connectivity index (χ1n) is 11.1. The van der Waals surface area contributed by atoms with E-state index in [-0.39, 0.29) is 16.2 Å². The number of rotatable bonds is 6. The van der Waals surface area contributed by atoms with Crippen LogP contribution in [0, 0.1) is 11.3 Å². The molecule has 3 rings (SSSR count). The van der Waals surface area contributed by atoms with E-state index in [1.165, 1.54) is 6.20 Å². The van der Waals surface area contributed by atoms with Gasteiger partial charge in [-0.05, 0) is 47.9 Å². The number of amides is 2. The lowest BCUT2D eigenvalue weighted by Gasteiger charge is -2.30. The van der Waals surface area contributed by atoms with Gasteiger partial charge in [0, 0.05) is 11.9 Å². The number of nitrogens with one attached hydrogen (secondary N) is 2. The molecule has 1 heterocycles. The van der Waals surface area contributed by atoms with Crippen LogP contribution in [0.5, 0.6) is 0 Å². The van der Waals surface area contributed by atoms with Crippen molar-refractivity contribution in [3.63, 3.8) is 0 Å². The molecule has 0 spiro atoms. The van der Waals surface area contributed by atoms with Crippen LogP contribution < -0.4 is 10.0 Å². The lowest BCUT2D eigenvalue weighted by atomic mass is 9.84. The van der Waals surface area contributed by atoms with Crippen molar-refractivity contribution in [1.29, 1.82) is 5.26 Å². The van der Waals surface area contributed by atoms with Crippen molar-refractivity contribution >= 4 is 33.1 Å². The number of hydrogen-bond donors (Lipinski definition) is 3. The molecule has 8 nitrogen and oxygen atoms in total. The van der Waals surface area contributed by atoms with Crippen LogP contribution in [0.2, 0.25) is 0 Å². The summed E-state index contributed by atoms with van der Waals surface area (Å²) in [7, 11) is -4.22. The van der Waals surface area contributed by atoms with Gasteiger partial charge in [-0.25, -0.2) is 14.5 Å². The predicted octanol–water partition coefficient (Wildman–Crippen LogP) is 4.92. The number of sulfonamides is 1. The number of urea groups is 1. The van der Waals surface area contributed by atoms with Gasteiger partial charge in [-0.2, -0.15) is 13.7 Å². The SMILES string of the molecule is CC(C)c1cc(C#N)cc(C(C)C)c1NC(=O)NS(=O)(=O)c1ncc(C2(O)CCCCC2)s1. The van der Waals surface area contributed by atoms with Gasteiger partial charge in [0.05, 0.1) is 16.5 Å². The topological polar surface area (TPSA) is 132 Å². The van der Waals surface area contributed by atoms with Gasteiger partial charge >= 0.3 is 6.03 Å². The maximum absolute atomic E-state index is 12.8. The quantitative estimate of drug-likeness (QED) is 0.526. The summed E-state index contributed by atoms with van der Waals surface area (Å²) in [5, 5.41) is 22.9. The monoisotopic (exact) mass is 490 g/mol. The largest absolute Gasteiger partial charge is 0.384 e. The molecule has 1 aromatic carbocycles. The summed E-state index contributed by atoms with van der Waals surface area (Å²) in [4.78, 5) is 17.2. The van der Waals surface area contributed by atoms with E-state index in [2.05, 4.69) is 16.4 Å². The Morgan fingerprint density at radius 2 is 1.73 bits per heavy atom. The maximum Gasteiger partial charge on any atom is 0.333 e.